The number of pyridine rings is 1. The van der Waals surface area contributed by atoms with Gasteiger partial charge in [0.25, 0.3) is 0 Å². The van der Waals surface area contributed by atoms with Crippen LogP contribution in [0.15, 0.2) is 78.9 Å². The molecule has 3 aromatic carbocycles. The summed E-state index contributed by atoms with van der Waals surface area (Å²) in [6, 6.07) is 26.8. The van der Waals surface area contributed by atoms with Gasteiger partial charge < -0.3 is 15.0 Å². The molecule has 1 aliphatic heterocycles. The lowest BCUT2D eigenvalue weighted by molar-refractivity contribution is 0.0329. The van der Waals surface area contributed by atoms with Gasteiger partial charge in [0.2, 0.25) is 0 Å². The number of amides is 1. The second-order valence-electron chi connectivity index (χ2n) is 11.0. The van der Waals surface area contributed by atoms with E-state index < -0.39 is 5.60 Å². The Morgan fingerprint density at radius 2 is 1.63 bits per heavy atom. The van der Waals surface area contributed by atoms with Crippen molar-refractivity contribution in [2.45, 2.75) is 38.2 Å². The molecule has 1 amide bonds. The molecule has 2 aliphatic rings. The molecule has 212 valence electrons. The minimum absolute atomic E-state index is 0.347. The monoisotopic (exact) mass is 568 g/mol. The highest BCUT2D eigenvalue weighted by Crippen LogP contribution is 2.52. The van der Waals surface area contributed by atoms with Crippen LogP contribution in [0.5, 0.6) is 0 Å². The second-order valence-corrected chi connectivity index (χ2v) is 11.5. The molecule has 7 heteroatoms. The lowest BCUT2D eigenvalue weighted by Gasteiger charge is -2.36. The highest BCUT2D eigenvalue weighted by Gasteiger charge is 2.46. The van der Waals surface area contributed by atoms with Gasteiger partial charge in [0.05, 0.1) is 5.52 Å². The first-order chi connectivity index (χ1) is 20.1. The summed E-state index contributed by atoms with van der Waals surface area (Å²) in [5.41, 5.74) is 4.71. The fourth-order valence-electron chi connectivity index (χ4n) is 6.31. The highest BCUT2D eigenvalue weighted by atomic mass is 35.5. The number of piperazine rings is 1. The number of halogens is 1. The van der Waals surface area contributed by atoms with Gasteiger partial charge in [-0.1, -0.05) is 67.1 Å². The molecule has 6 nitrogen and oxygen atoms in total. The fraction of sp³-hybridized carbons (Fsp3) is 0.353. The zero-order valence-corrected chi connectivity index (χ0v) is 24.4. The number of nitrogens with zero attached hydrogens (tertiary/aromatic N) is 3. The number of hydrogen-bond donors (Lipinski definition) is 1. The molecule has 0 radical (unpaired) electrons. The van der Waals surface area contributed by atoms with Crippen LogP contribution >= 0.6 is 11.6 Å². The fourth-order valence-corrected chi connectivity index (χ4v) is 6.49. The third-order valence-electron chi connectivity index (χ3n) is 8.39. The predicted octanol–water partition coefficient (Wildman–Crippen LogP) is 7.24. The number of nitrogens with one attached hydrogen (secondary N) is 1. The van der Waals surface area contributed by atoms with Crippen molar-refractivity contribution in [3.05, 3.63) is 95.0 Å². The van der Waals surface area contributed by atoms with Crippen molar-refractivity contribution in [1.29, 1.82) is 0 Å². The maximum atomic E-state index is 12.9. The van der Waals surface area contributed by atoms with E-state index in [2.05, 4.69) is 63.6 Å². The van der Waals surface area contributed by atoms with E-state index in [4.69, 9.17) is 21.3 Å². The van der Waals surface area contributed by atoms with Crippen molar-refractivity contribution >= 4 is 34.4 Å². The van der Waals surface area contributed by atoms with Crippen molar-refractivity contribution < 1.29 is 9.53 Å². The van der Waals surface area contributed by atoms with E-state index in [0.717, 1.165) is 102 Å². The van der Waals surface area contributed by atoms with Gasteiger partial charge in [0, 0.05) is 54.3 Å². The molecule has 0 spiro atoms. The molecule has 6 rings (SSSR count). The van der Waals surface area contributed by atoms with Crippen LogP contribution in [0.1, 0.15) is 43.7 Å². The van der Waals surface area contributed by atoms with Crippen molar-refractivity contribution in [3.8, 4) is 11.1 Å². The van der Waals surface area contributed by atoms with Gasteiger partial charge in [-0.2, -0.15) is 0 Å². The summed E-state index contributed by atoms with van der Waals surface area (Å²) >= 11 is 6.14. The minimum Gasteiger partial charge on any atom is -0.433 e. The third-order valence-corrected chi connectivity index (χ3v) is 8.62. The Kier molecular flexibility index (Phi) is 8.13. The number of carbonyl (C=O) groups is 1. The molecule has 1 saturated heterocycles. The van der Waals surface area contributed by atoms with Crippen LogP contribution in [0.3, 0.4) is 0 Å². The van der Waals surface area contributed by atoms with Gasteiger partial charge in [0.15, 0.2) is 5.60 Å². The zero-order valence-electron chi connectivity index (χ0n) is 23.6. The Labute approximate surface area is 247 Å². The summed E-state index contributed by atoms with van der Waals surface area (Å²) in [5, 5.41) is 4.73. The van der Waals surface area contributed by atoms with Crippen LogP contribution < -0.4 is 10.2 Å². The summed E-state index contributed by atoms with van der Waals surface area (Å²) < 4.78 is 6.36. The van der Waals surface area contributed by atoms with Crippen molar-refractivity contribution in [3.63, 3.8) is 0 Å². The number of carbonyl (C=O) groups excluding carboxylic acids is 1. The van der Waals surface area contributed by atoms with Crippen LogP contribution in [0.2, 0.25) is 5.02 Å². The maximum absolute atomic E-state index is 12.9. The average molecular weight is 569 g/mol. The van der Waals surface area contributed by atoms with Crippen molar-refractivity contribution in [1.82, 2.24) is 15.2 Å². The van der Waals surface area contributed by atoms with E-state index in [-0.39, 0.29) is 6.09 Å². The van der Waals surface area contributed by atoms with E-state index in [0.29, 0.717) is 6.54 Å². The van der Waals surface area contributed by atoms with Crippen LogP contribution in [0.25, 0.3) is 22.0 Å². The van der Waals surface area contributed by atoms with Crippen LogP contribution in [0.4, 0.5) is 10.6 Å². The van der Waals surface area contributed by atoms with Gasteiger partial charge in [-0.3, -0.25) is 4.90 Å². The van der Waals surface area contributed by atoms with Gasteiger partial charge in [-0.15, -0.1) is 0 Å². The molecule has 1 N–H and O–H groups in total. The maximum Gasteiger partial charge on any atom is 0.408 e. The number of ether oxygens (including phenoxy) is 1. The summed E-state index contributed by atoms with van der Waals surface area (Å²) in [6.45, 7) is 7.60. The lowest BCUT2D eigenvalue weighted by Crippen LogP contribution is -2.47. The first-order valence-corrected chi connectivity index (χ1v) is 15.1. The van der Waals surface area contributed by atoms with Crippen LogP contribution in [0, 0.1) is 0 Å². The Balaban J connectivity index is 1.09. The van der Waals surface area contributed by atoms with Crippen LogP contribution in [-0.2, 0) is 10.3 Å². The Hall–Kier alpha value is -3.61. The molecule has 0 unspecified atom stereocenters. The Morgan fingerprint density at radius 3 is 2.34 bits per heavy atom. The molecule has 4 aromatic rings. The van der Waals surface area contributed by atoms with E-state index in [1.807, 2.05) is 37.3 Å². The standard InChI is InChI=1S/C34H37ClN4O2/c1-2-18-36-33(40)41-34(29-11-5-3-9-27(29)28-10-4-6-12-30(28)34)17-7-8-19-38-20-22-39(23-21-38)32-16-13-25-24-26(35)14-15-31(25)37-32/h3-6,9-16,24H,2,7-8,17-23H2,1H3,(H,36,40). The SMILES string of the molecule is CCCNC(=O)OC1(CCCCN2CCN(c3ccc4cc(Cl)ccc4n3)CC2)c2ccccc2-c2ccccc21. The van der Waals surface area contributed by atoms with Crippen molar-refractivity contribution in [2.75, 3.05) is 44.2 Å². The lowest BCUT2D eigenvalue weighted by atomic mass is 9.86. The van der Waals surface area contributed by atoms with E-state index in [9.17, 15) is 4.79 Å². The number of aromatic nitrogens is 1. The highest BCUT2D eigenvalue weighted by molar-refractivity contribution is 6.31. The number of unbranched alkanes of at least 4 members (excludes halogenated alkanes) is 1. The van der Waals surface area contributed by atoms with E-state index in [1.54, 1.807) is 0 Å². The Bertz CT molecular complexity index is 1490. The summed E-state index contributed by atoms with van der Waals surface area (Å²) in [5.74, 6) is 1.03. The number of rotatable bonds is 9. The summed E-state index contributed by atoms with van der Waals surface area (Å²) in [7, 11) is 0. The number of anilines is 1. The molecule has 0 saturated carbocycles. The average Bonchev–Trinajstić information content (AvgIpc) is 3.28. The van der Waals surface area contributed by atoms with E-state index >= 15 is 0 Å². The molecule has 0 bridgehead atoms. The molecule has 1 aliphatic carbocycles. The molecular formula is C34H37ClN4O2. The number of fused-ring (bicyclic) bond motifs is 4. The van der Waals surface area contributed by atoms with Gasteiger partial charge in [-0.25, -0.2) is 9.78 Å². The number of alkyl carbamates (subject to hydrolysis) is 1. The predicted molar refractivity (Wildman–Crippen MR) is 167 cm³/mol. The first kappa shape index (κ1) is 27.6. The molecule has 0 atom stereocenters. The molecular weight excluding hydrogens is 532 g/mol. The molecule has 1 fully saturated rings. The summed E-state index contributed by atoms with van der Waals surface area (Å²) in [4.78, 5) is 22.7. The first-order valence-electron chi connectivity index (χ1n) is 14.8. The largest absolute Gasteiger partial charge is 0.433 e. The number of hydrogen-bond acceptors (Lipinski definition) is 5. The number of benzene rings is 3. The van der Waals surface area contributed by atoms with Crippen molar-refractivity contribution in [2.24, 2.45) is 0 Å². The third kappa shape index (κ3) is 5.64. The molecule has 41 heavy (non-hydrogen) atoms. The minimum atomic E-state index is -0.768. The normalized spacial score (nSPS) is 15.9. The van der Waals surface area contributed by atoms with Gasteiger partial charge in [-0.05, 0) is 73.7 Å². The van der Waals surface area contributed by atoms with Gasteiger partial charge >= 0.3 is 6.09 Å². The zero-order chi connectivity index (χ0) is 28.2. The second kappa shape index (κ2) is 12.1. The topological polar surface area (TPSA) is 57.7 Å². The quantitative estimate of drug-likeness (QED) is 0.216. The van der Waals surface area contributed by atoms with E-state index in [1.165, 1.54) is 0 Å². The smallest absolute Gasteiger partial charge is 0.408 e. The molecule has 1 aromatic heterocycles. The molecule has 2 heterocycles. The summed E-state index contributed by atoms with van der Waals surface area (Å²) in [6.07, 6.45) is 3.28. The Morgan fingerprint density at radius 1 is 0.927 bits per heavy atom. The van der Waals surface area contributed by atoms with Gasteiger partial charge in [0.1, 0.15) is 5.82 Å². The van der Waals surface area contributed by atoms with Crippen LogP contribution in [-0.4, -0.2) is 55.2 Å².